The topological polar surface area (TPSA) is 51.5 Å². The number of amides is 1. The average molecular weight is 377 g/mol. The average Bonchev–Trinajstić information content (AvgIpc) is 3.06. The molecule has 0 saturated heterocycles. The summed E-state index contributed by atoms with van der Waals surface area (Å²) in [5.41, 5.74) is 4.87. The summed E-state index contributed by atoms with van der Waals surface area (Å²) in [7, 11) is 1.62. The number of carbonyl (C=O) groups is 1. The van der Waals surface area contributed by atoms with E-state index >= 15 is 0 Å². The first kappa shape index (κ1) is 19.7. The fourth-order valence-corrected chi connectivity index (χ4v) is 3.32. The van der Waals surface area contributed by atoms with Crippen molar-refractivity contribution in [1.29, 1.82) is 0 Å². The van der Waals surface area contributed by atoms with Gasteiger partial charge in [-0.3, -0.25) is 4.79 Å². The lowest BCUT2D eigenvalue weighted by Gasteiger charge is -2.14. The lowest BCUT2D eigenvalue weighted by atomic mass is 10.0. The molecule has 0 spiro atoms. The number of nitrogens with one attached hydrogen (secondary N) is 1. The van der Waals surface area contributed by atoms with Gasteiger partial charge in [0.2, 0.25) is 5.91 Å². The number of carbonyl (C=O) groups excluding carboxylic acids is 1. The van der Waals surface area contributed by atoms with Crippen molar-refractivity contribution in [2.45, 2.75) is 39.7 Å². The third-order valence-corrected chi connectivity index (χ3v) is 4.96. The maximum Gasteiger partial charge on any atom is 0.244 e. The predicted molar refractivity (Wildman–Crippen MR) is 114 cm³/mol. The van der Waals surface area contributed by atoms with Gasteiger partial charge < -0.3 is 14.5 Å². The Balaban J connectivity index is 1.69. The molecule has 3 aromatic rings. The summed E-state index contributed by atoms with van der Waals surface area (Å²) < 4.78 is 11.0. The molecule has 1 amide bonds. The maximum atomic E-state index is 12.5. The van der Waals surface area contributed by atoms with Crippen LogP contribution in [0.3, 0.4) is 0 Å². The number of rotatable bonds is 7. The van der Waals surface area contributed by atoms with Crippen molar-refractivity contribution in [3.05, 3.63) is 71.5 Å². The molecule has 28 heavy (non-hydrogen) atoms. The van der Waals surface area contributed by atoms with Crippen molar-refractivity contribution < 1.29 is 13.9 Å². The molecule has 1 heterocycles. The largest absolute Gasteiger partial charge is 0.496 e. The highest BCUT2D eigenvalue weighted by Gasteiger charge is 2.13. The van der Waals surface area contributed by atoms with E-state index in [1.165, 1.54) is 5.56 Å². The number of ether oxygens (including phenoxy) is 1. The van der Waals surface area contributed by atoms with E-state index < -0.39 is 0 Å². The van der Waals surface area contributed by atoms with Gasteiger partial charge in [-0.1, -0.05) is 30.3 Å². The van der Waals surface area contributed by atoms with Gasteiger partial charge in [0.25, 0.3) is 0 Å². The highest BCUT2D eigenvalue weighted by molar-refractivity contribution is 5.97. The number of allylic oxidation sites excluding steroid dienone is 1. The Bertz CT molecular complexity index is 986. The molecular weight excluding hydrogens is 350 g/mol. The van der Waals surface area contributed by atoms with Gasteiger partial charge in [0, 0.05) is 29.1 Å². The Labute approximate surface area is 166 Å². The van der Waals surface area contributed by atoms with Gasteiger partial charge in [-0.2, -0.15) is 0 Å². The molecule has 1 unspecified atom stereocenters. The summed E-state index contributed by atoms with van der Waals surface area (Å²) in [5.74, 6) is 0.602. The van der Waals surface area contributed by atoms with Gasteiger partial charge in [0.15, 0.2) is 0 Å². The molecule has 2 aromatic carbocycles. The first-order chi connectivity index (χ1) is 13.5. The van der Waals surface area contributed by atoms with Gasteiger partial charge in [0.05, 0.1) is 13.4 Å². The van der Waals surface area contributed by atoms with Crippen LogP contribution in [0, 0.1) is 6.92 Å². The minimum atomic E-state index is -0.0934. The summed E-state index contributed by atoms with van der Waals surface area (Å²) in [6.45, 7) is 5.96. The van der Waals surface area contributed by atoms with E-state index in [0.29, 0.717) is 5.75 Å². The van der Waals surface area contributed by atoms with Crippen molar-refractivity contribution in [2.24, 2.45) is 0 Å². The number of hydrogen-bond donors (Lipinski definition) is 1. The Kier molecular flexibility index (Phi) is 6.19. The predicted octanol–water partition coefficient (Wildman–Crippen LogP) is 5.29. The van der Waals surface area contributed by atoms with Gasteiger partial charge >= 0.3 is 0 Å². The Morgan fingerprint density at radius 1 is 1.25 bits per heavy atom. The van der Waals surface area contributed by atoms with E-state index in [0.717, 1.165) is 40.5 Å². The van der Waals surface area contributed by atoms with E-state index in [4.69, 9.17) is 9.15 Å². The summed E-state index contributed by atoms with van der Waals surface area (Å²) >= 11 is 0. The second-order valence-corrected chi connectivity index (χ2v) is 7.23. The molecule has 4 heteroatoms. The molecule has 0 saturated carbocycles. The van der Waals surface area contributed by atoms with E-state index in [1.54, 1.807) is 19.4 Å². The molecule has 0 aliphatic rings. The molecule has 3 rings (SSSR count). The van der Waals surface area contributed by atoms with Crippen LogP contribution in [0.4, 0.5) is 0 Å². The van der Waals surface area contributed by atoms with Crippen LogP contribution in [0.2, 0.25) is 0 Å². The van der Waals surface area contributed by atoms with Crippen LogP contribution >= 0.6 is 0 Å². The number of furan rings is 1. The minimum absolute atomic E-state index is 0.0934. The zero-order valence-corrected chi connectivity index (χ0v) is 16.9. The lowest BCUT2D eigenvalue weighted by Crippen LogP contribution is -2.31. The number of fused-ring (bicyclic) bond motifs is 1. The smallest absolute Gasteiger partial charge is 0.244 e. The Morgan fingerprint density at radius 3 is 2.71 bits per heavy atom. The third-order valence-electron chi connectivity index (χ3n) is 4.96. The summed E-state index contributed by atoms with van der Waals surface area (Å²) in [5, 5.41) is 4.09. The molecule has 4 nitrogen and oxygen atoms in total. The van der Waals surface area contributed by atoms with Crippen molar-refractivity contribution in [3.8, 4) is 5.75 Å². The molecule has 0 aliphatic carbocycles. The molecule has 0 fully saturated rings. The van der Waals surface area contributed by atoms with Gasteiger partial charge in [-0.25, -0.2) is 0 Å². The van der Waals surface area contributed by atoms with E-state index in [-0.39, 0.29) is 11.9 Å². The Hall–Kier alpha value is -3.01. The van der Waals surface area contributed by atoms with Crippen molar-refractivity contribution in [1.82, 2.24) is 5.32 Å². The fourth-order valence-electron chi connectivity index (χ4n) is 3.32. The van der Waals surface area contributed by atoms with Crippen LogP contribution in [-0.2, 0) is 11.2 Å². The molecule has 146 valence electrons. The molecule has 1 atom stereocenters. The van der Waals surface area contributed by atoms with Crippen LogP contribution in [0.1, 0.15) is 37.0 Å². The zero-order chi connectivity index (χ0) is 20.1. The SMILES string of the molecule is COc1cc2occ(C)c2cc1/C(C)=C/C(=O)NC(C)CCc1ccccc1. The minimum Gasteiger partial charge on any atom is -0.496 e. The third kappa shape index (κ3) is 4.63. The van der Waals surface area contributed by atoms with Gasteiger partial charge in [-0.15, -0.1) is 0 Å². The fraction of sp³-hybridized carbons (Fsp3) is 0.292. The van der Waals surface area contributed by atoms with E-state index in [1.807, 2.05) is 51.1 Å². The normalized spacial score (nSPS) is 12.8. The first-order valence-corrected chi connectivity index (χ1v) is 9.57. The van der Waals surface area contributed by atoms with Crippen LogP contribution in [-0.4, -0.2) is 19.1 Å². The monoisotopic (exact) mass is 377 g/mol. The lowest BCUT2D eigenvalue weighted by molar-refractivity contribution is -0.117. The second kappa shape index (κ2) is 8.79. The van der Waals surface area contributed by atoms with Gasteiger partial charge in [-0.05, 0) is 56.4 Å². The summed E-state index contributed by atoms with van der Waals surface area (Å²) in [6.07, 6.45) is 5.20. The summed E-state index contributed by atoms with van der Waals surface area (Å²) in [6, 6.07) is 14.3. The molecule has 1 aromatic heterocycles. The maximum absolute atomic E-state index is 12.5. The molecule has 0 radical (unpaired) electrons. The number of aryl methyl sites for hydroxylation is 2. The van der Waals surface area contributed by atoms with Crippen LogP contribution in [0.5, 0.6) is 5.75 Å². The second-order valence-electron chi connectivity index (χ2n) is 7.23. The molecule has 0 aliphatic heterocycles. The number of methoxy groups -OCH3 is 1. The van der Waals surface area contributed by atoms with Crippen molar-refractivity contribution in [3.63, 3.8) is 0 Å². The molecule has 1 N–H and O–H groups in total. The number of benzene rings is 2. The van der Waals surface area contributed by atoms with Crippen LogP contribution in [0.25, 0.3) is 16.5 Å². The van der Waals surface area contributed by atoms with Crippen molar-refractivity contribution >= 4 is 22.4 Å². The van der Waals surface area contributed by atoms with Crippen LogP contribution in [0.15, 0.2) is 59.2 Å². The highest BCUT2D eigenvalue weighted by Crippen LogP contribution is 2.33. The summed E-state index contributed by atoms with van der Waals surface area (Å²) in [4.78, 5) is 12.5. The quantitative estimate of drug-likeness (QED) is 0.569. The van der Waals surface area contributed by atoms with E-state index in [9.17, 15) is 4.79 Å². The highest BCUT2D eigenvalue weighted by atomic mass is 16.5. The van der Waals surface area contributed by atoms with Crippen molar-refractivity contribution in [2.75, 3.05) is 7.11 Å². The first-order valence-electron chi connectivity index (χ1n) is 9.57. The Morgan fingerprint density at radius 2 is 2.00 bits per heavy atom. The van der Waals surface area contributed by atoms with E-state index in [2.05, 4.69) is 17.4 Å². The molecular formula is C24H27NO3. The zero-order valence-electron chi connectivity index (χ0n) is 16.9. The standard InChI is InChI=1S/C24H27NO3/c1-16(20-13-21-17(2)15-28-23(21)14-22(20)27-4)12-24(26)25-18(3)10-11-19-8-6-5-7-9-19/h5-9,12-15,18H,10-11H2,1-4H3,(H,25,26)/b16-12+. The van der Waals surface area contributed by atoms with Crippen LogP contribution < -0.4 is 10.1 Å². The van der Waals surface area contributed by atoms with Gasteiger partial charge in [0.1, 0.15) is 11.3 Å². The molecule has 0 bridgehead atoms. The number of hydrogen-bond acceptors (Lipinski definition) is 3.